The van der Waals surface area contributed by atoms with E-state index in [1.165, 1.54) is 11.1 Å². The number of carboxylic acids is 1. The van der Waals surface area contributed by atoms with Crippen LogP contribution in [-0.2, 0) is 28.9 Å². The van der Waals surface area contributed by atoms with Crippen molar-refractivity contribution in [1.29, 1.82) is 0 Å². The summed E-state index contributed by atoms with van der Waals surface area (Å²) in [7, 11) is 0. The van der Waals surface area contributed by atoms with Crippen LogP contribution in [0.5, 0.6) is 0 Å². The molecule has 0 heterocycles. The SMILES string of the molecule is Cc1ccccc1CCNC(=O)Cc1cc(CC(=O)O)ccc1-c1ccccc1. The number of nitrogens with one attached hydrogen (secondary N) is 1. The molecule has 0 spiro atoms. The van der Waals surface area contributed by atoms with E-state index in [2.05, 4.69) is 24.4 Å². The van der Waals surface area contributed by atoms with Crippen LogP contribution in [0.15, 0.2) is 72.8 Å². The maximum Gasteiger partial charge on any atom is 0.307 e. The summed E-state index contributed by atoms with van der Waals surface area (Å²) >= 11 is 0. The van der Waals surface area contributed by atoms with Gasteiger partial charge in [0, 0.05) is 6.54 Å². The number of amides is 1. The summed E-state index contributed by atoms with van der Waals surface area (Å²) in [4.78, 5) is 23.7. The van der Waals surface area contributed by atoms with E-state index in [-0.39, 0.29) is 18.7 Å². The molecular weight excluding hydrogens is 362 g/mol. The lowest BCUT2D eigenvalue weighted by molar-refractivity contribution is -0.136. The number of aryl methyl sites for hydroxylation is 1. The number of carbonyl (C=O) groups excluding carboxylic acids is 1. The smallest absolute Gasteiger partial charge is 0.307 e. The van der Waals surface area contributed by atoms with Crippen LogP contribution < -0.4 is 5.32 Å². The first-order chi connectivity index (χ1) is 14.0. The first-order valence-electron chi connectivity index (χ1n) is 9.73. The molecule has 148 valence electrons. The van der Waals surface area contributed by atoms with Gasteiger partial charge in [0.05, 0.1) is 12.8 Å². The number of carbonyl (C=O) groups is 2. The predicted octanol–water partition coefficient (Wildman–Crippen LogP) is 4.19. The van der Waals surface area contributed by atoms with Crippen LogP contribution in [0.2, 0.25) is 0 Å². The molecule has 3 rings (SSSR count). The van der Waals surface area contributed by atoms with E-state index < -0.39 is 5.97 Å². The number of rotatable bonds is 8. The summed E-state index contributed by atoms with van der Waals surface area (Å²) in [5, 5.41) is 12.1. The van der Waals surface area contributed by atoms with Crippen LogP contribution in [0.1, 0.15) is 22.3 Å². The summed E-state index contributed by atoms with van der Waals surface area (Å²) < 4.78 is 0. The molecule has 0 aliphatic rings. The topological polar surface area (TPSA) is 66.4 Å². The van der Waals surface area contributed by atoms with E-state index in [1.807, 2.05) is 60.7 Å². The molecule has 0 bridgehead atoms. The highest BCUT2D eigenvalue weighted by Crippen LogP contribution is 2.25. The van der Waals surface area contributed by atoms with E-state index in [4.69, 9.17) is 5.11 Å². The van der Waals surface area contributed by atoms with E-state index in [0.29, 0.717) is 12.1 Å². The summed E-state index contributed by atoms with van der Waals surface area (Å²) in [6.45, 7) is 2.64. The van der Waals surface area contributed by atoms with Crippen molar-refractivity contribution in [2.45, 2.75) is 26.2 Å². The van der Waals surface area contributed by atoms with Crippen molar-refractivity contribution in [2.75, 3.05) is 6.54 Å². The molecule has 4 heteroatoms. The Balaban J connectivity index is 1.72. The molecule has 3 aromatic carbocycles. The quantitative estimate of drug-likeness (QED) is 0.609. The van der Waals surface area contributed by atoms with Gasteiger partial charge >= 0.3 is 5.97 Å². The molecule has 0 aromatic heterocycles. The highest BCUT2D eigenvalue weighted by molar-refractivity contribution is 5.82. The predicted molar refractivity (Wildman–Crippen MR) is 115 cm³/mol. The van der Waals surface area contributed by atoms with Crippen molar-refractivity contribution in [3.8, 4) is 11.1 Å². The second-order valence-corrected chi connectivity index (χ2v) is 7.13. The van der Waals surface area contributed by atoms with Crippen molar-refractivity contribution in [1.82, 2.24) is 5.32 Å². The minimum absolute atomic E-state index is 0.0586. The minimum atomic E-state index is -0.883. The van der Waals surface area contributed by atoms with Crippen LogP contribution in [0.3, 0.4) is 0 Å². The van der Waals surface area contributed by atoms with Gasteiger partial charge in [-0.2, -0.15) is 0 Å². The number of hydrogen-bond acceptors (Lipinski definition) is 2. The van der Waals surface area contributed by atoms with Gasteiger partial charge in [0.1, 0.15) is 0 Å². The Morgan fingerprint density at radius 1 is 0.862 bits per heavy atom. The minimum Gasteiger partial charge on any atom is -0.481 e. The summed E-state index contributed by atoms with van der Waals surface area (Å²) in [5.74, 6) is -0.950. The van der Waals surface area contributed by atoms with Gasteiger partial charge < -0.3 is 10.4 Å². The first-order valence-corrected chi connectivity index (χ1v) is 9.73. The van der Waals surface area contributed by atoms with Crippen LogP contribution in [0.25, 0.3) is 11.1 Å². The average Bonchev–Trinajstić information content (AvgIpc) is 2.70. The molecule has 0 aliphatic carbocycles. The van der Waals surface area contributed by atoms with Crippen LogP contribution in [0, 0.1) is 6.92 Å². The van der Waals surface area contributed by atoms with Gasteiger partial charge in [0.15, 0.2) is 0 Å². The van der Waals surface area contributed by atoms with E-state index in [9.17, 15) is 9.59 Å². The second kappa shape index (κ2) is 9.69. The highest BCUT2D eigenvalue weighted by Gasteiger charge is 2.12. The monoisotopic (exact) mass is 387 g/mol. The molecule has 3 aromatic rings. The van der Waals surface area contributed by atoms with Crippen LogP contribution in [-0.4, -0.2) is 23.5 Å². The molecule has 0 aliphatic heterocycles. The van der Waals surface area contributed by atoms with Crippen LogP contribution >= 0.6 is 0 Å². The Kier molecular flexibility index (Phi) is 6.80. The molecule has 0 saturated carbocycles. The standard InChI is InChI=1S/C25H25NO3/c1-18-7-5-6-8-20(18)13-14-26-24(27)17-22-15-19(16-25(28)29)11-12-23(22)21-9-3-2-4-10-21/h2-12,15H,13-14,16-17H2,1H3,(H,26,27)(H,28,29). The van der Waals surface area contributed by atoms with Gasteiger partial charge in [0.2, 0.25) is 5.91 Å². The number of carboxylic acid groups (broad SMARTS) is 1. The van der Waals surface area contributed by atoms with Crippen molar-refractivity contribution < 1.29 is 14.7 Å². The molecule has 1 amide bonds. The second-order valence-electron chi connectivity index (χ2n) is 7.13. The summed E-state index contributed by atoms with van der Waals surface area (Å²) in [6.07, 6.45) is 0.936. The van der Waals surface area contributed by atoms with Gasteiger partial charge in [-0.05, 0) is 46.7 Å². The fourth-order valence-corrected chi connectivity index (χ4v) is 3.44. The van der Waals surface area contributed by atoms with Gasteiger partial charge in [-0.15, -0.1) is 0 Å². The molecule has 0 unspecified atom stereocenters. The lowest BCUT2D eigenvalue weighted by Crippen LogP contribution is -2.27. The molecule has 0 fully saturated rings. The maximum absolute atomic E-state index is 12.6. The third-order valence-electron chi connectivity index (χ3n) is 4.94. The molecule has 2 N–H and O–H groups in total. The van der Waals surface area contributed by atoms with Gasteiger partial charge in [-0.25, -0.2) is 0 Å². The lowest BCUT2D eigenvalue weighted by atomic mass is 9.94. The lowest BCUT2D eigenvalue weighted by Gasteiger charge is -2.13. The molecule has 29 heavy (non-hydrogen) atoms. The zero-order valence-electron chi connectivity index (χ0n) is 16.5. The Hall–Kier alpha value is -3.40. The van der Waals surface area contributed by atoms with Crippen molar-refractivity contribution in [2.24, 2.45) is 0 Å². The molecular formula is C25H25NO3. The van der Waals surface area contributed by atoms with E-state index in [0.717, 1.165) is 23.1 Å². The Labute approximate surface area is 171 Å². The van der Waals surface area contributed by atoms with Crippen molar-refractivity contribution in [3.05, 3.63) is 95.1 Å². The first kappa shape index (κ1) is 20.3. The fourth-order valence-electron chi connectivity index (χ4n) is 3.44. The number of benzene rings is 3. The Morgan fingerprint density at radius 3 is 2.31 bits per heavy atom. The van der Waals surface area contributed by atoms with E-state index in [1.54, 1.807) is 0 Å². The normalized spacial score (nSPS) is 10.5. The average molecular weight is 387 g/mol. The Morgan fingerprint density at radius 2 is 1.59 bits per heavy atom. The highest BCUT2D eigenvalue weighted by atomic mass is 16.4. The van der Waals surface area contributed by atoms with E-state index >= 15 is 0 Å². The third kappa shape index (κ3) is 5.79. The van der Waals surface area contributed by atoms with Crippen molar-refractivity contribution in [3.63, 3.8) is 0 Å². The zero-order chi connectivity index (χ0) is 20.6. The fraction of sp³-hybridized carbons (Fsp3) is 0.200. The van der Waals surface area contributed by atoms with Crippen molar-refractivity contribution >= 4 is 11.9 Å². The Bertz CT molecular complexity index is 996. The molecule has 0 saturated heterocycles. The summed E-state index contributed by atoms with van der Waals surface area (Å²) in [6, 6.07) is 23.5. The largest absolute Gasteiger partial charge is 0.481 e. The van der Waals surface area contributed by atoms with Gasteiger partial charge in [-0.1, -0.05) is 72.8 Å². The molecule has 0 atom stereocenters. The maximum atomic E-state index is 12.6. The van der Waals surface area contributed by atoms with Gasteiger partial charge in [-0.3, -0.25) is 9.59 Å². The molecule has 4 nitrogen and oxygen atoms in total. The van der Waals surface area contributed by atoms with Crippen LogP contribution in [0.4, 0.5) is 0 Å². The zero-order valence-corrected chi connectivity index (χ0v) is 16.5. The number of aliphatic carboxylic acids is 1. The summed E-state index contributed by atoms with van der Waals surface area (Å²) in [5.41, 5.74) is 5.94. The van der Waals surface area contributed by atoms with Gasteiger partial charge in [0.25, 0.3) is 0 Å². The molecule has 0 radical (unpaired) electrons. The number of hydrogen-bond donors (Lipinski definition) is 2. The third-order valence-corrected chi connectivity index (χ3v) is 4.94.